The van der Waals surface area contributed by atoms with Gasteiger partial charge in [0.25, 0.3) is 0 Å². The lowest BCUT2D eigenvalue weighted by Gasteiger charge is -2.13. The summed E-state index contributed by atoms with van der Waals surface area (Å²) in [4.78, 5) is 15.5. The number of alkyl halides is 4. The molecule has 0 aromatic carbocycles. The standard InChI is InChI=1S/C10H8BrF3INO3/c1-2-18-9(17)8-7(15)6(19-10(12,13)14)3-5(4-11)16-8/h3H,2,4H2,1H3. The minimum atomic E-state index is -4.84. The van der Waals surface area contributed by atoms with Crippen LogP contribution in [0.1, 0.15) is 23.1 Å². The van der Waals surface area contributed by atoms with Crippen LogP contribution < -0.4 is 4.74 Å². The fourth-order valence-corrected chi connectivity index (χ4v) is 2.05. The van der Waals surface area contributed by atoms with Gasteiger partial charge in [0.2, 0.25) is 0 Å². The van der Waals surface area contributed by atoms with E-state index in [-0.39, 0.29) is 26.9 Å². The largest absolute Gasteiger partial charge is 0.573 e. The van der Waals surface area contributed by atoms with E-state index in [1.807, 2.05) is 0 Å². The Labute approximate surface area is 128 Å². The highest BCUT2D eigenvalue weighted by Crippen LogP contribution is 2.30. The molecule has 106 valence electrons. The lowest BCUT2D eigenvalue weighted by atomic mass is 10.3. The third kappa shape index (κ3) is 4.79. The van der Waals surface area contributed by atoms with Crippen molar-refractivity contribution in [3.63, 3.8) is 0 Å². The van der Waals surface area contributed by atoms with Gasteiger partial charge in [-0.3, -0.25) is 0 Å². The van der Waals surface area contributed by atoms with Crippen molar-refractivity contribution in [2.45, 2.75) is 18.6 Å². The molecule has 1 rings (SSSR count). The highest BCUT2D eigenvalue weighted by atomic mass is 127. The van der Waals surface area contributed by atoms with Gasteiger partial charge >= 0.3 is 12.3 Å². The summed E-state index contributed by atoms with van der Waals surface area (Å²) in [5, 5.41) is 0.185. The van der Waals surface area contributed by atoms with Crippen LogP contribution in [0.25, 0.3) is 0 Å². The zero-order valence-corrected chi connectivity index (χ0v) is 13.3. The van der Waals surface area contributed by atoms with Crippen LogP contribution >= 0.6 is 38.5 Å². The van der Waals surface area contributed by atoms with E-state index in [4.69, 9.17) is 4.74 Å². The number of nitrogens with zero attached hydrogens (tertiary/aromatic N) is 1. The fourth-order valence-electron chi connectivity index (χ4n) is 1.16. The Morgan fingerprint density at radius 2 is 2.16 bits per heavy atom. The SMILES string of the molecule is CCOC(=O)c1nc(CBr)cc(OC(F)(F)F)c1I. The average molecular weight is 454 g/mol. The highest BCUT2D eigenvalue weighted by molar-refractivity contribution is 14.1. The molecule has 0 aliphatic heterocycles. The normalized spacial score (nSPS) is 11.3. The first-order valence-corrected chi connectivity index (χ1v) is 7.16. The Morgan fingerprint density at radius 3 is 2.63 bits per heavy atom. The van der Waals surface area contributed by atoms with Gasteiger partial charge in [0.15, 0.2) is 5.69 Å². The molecule has 1 aromatic heterocycles. The molecule has 19 heavy (non-hydrogen) atoms. The van der Waals surface area contributed by atoms with Crippen LogP contribution in [0, 0.1) is 3.57 Å². The smallest absolute Gasteiger partial charge is 0.461 e. The number of carbonyl (C=O) groups is 1. The molecule has 0 N–H and O–H groups in total. The molecule has 0 saturated carbocycles. The van der Waals surface area contributed by atoms with Crippen molar-refractivity contribution in [3.05, 3.63) is 21.0 Å². The third-order valence-electron chi connectivity index (χ3n) is 1.81. The monoisotopic (exact) mass is 453 g/mol. The molecule has 0 fully saturated rings. The number of halogens is 5. The van der Waals surface area contributed by atoms with Crippen molar-refractivity contribution < 1.29 is 27.4 Å². The van der Waals surface area contributed by atoms with E-state index in [0.717, 1.165) is 6.07 Å². The van der Waals surface area contributed by atoms with Gasteiger partial charge < -0.3 is 9.47 Å². The van der Waals surface area contributed by atoms with Crippen LogP contribution in [0.5, 0.6) is 5.75 Å². The van der Waals surface area contributed by atoms with E-state index in [1.54, 1.807) is 29.5 Å². The zero-order chi connectivity index (χ0) is 14.6. The molecule has 0 amide bonds. The summed E-state index contributed by atoms with van der Waals surface area (Å²) < 4.78 is 45.4. The van der Waals surface area contributed by atoms with E-state index in [9.17, 15) is 18.0 Å². The number of hydrogen-bond acceptors (Lipinski definition) is 4. The molecule has 0 bridgehead atoms. The lowest BCUT2D eigenvalue weighted by molar-refractivity contribution is -0.275. The van der Waals surface area contributed by atoms with E-state index in [0.29, 0.717) is 0 Å². The Bertz CT molecular complexity index is 482. The summed E-state index contributed by atoms with van der Waals surface area (Å²) in [7, 11) is 0. The number of ether oxygens (including phenoxy) is 2. The van der Waals surface area contributed by atoms with Gasteiger partial charge in [0.1, 0.15) is 5.75 Å². The van der Waals surface area contributed by atoms with Crippen molar-refractivity contribution in [1.82, 2.24) is 4.98 Å². The molecule has 0 aliphatic rings. The molecular weight excluding hydrogens is 446 g/mol. The minimum absolute atomic E-state index is 0.0434. The quantitative estimate of drug-likeness (QED) is 0.396. The molecule has 0 radical (unpaired) electrons. The van der Waals surface area contributed by atoms with Crippen molar-refractivity contribution in [3.8, 4) is 5.75 Å². The number of rotatable bonds is 4. The van der Waals surface area contributed by atoms with E-state index < -0.39 is 18.1 Å². The van der Waals surface area contributed by atoms with Crippen molar-refractivity contribution >= 4 is 44.5 Å². The Morgan fingerprint density at radius 1 is 1.53 bits per heavy atom. The summed E-state index contributed by atoms with van der Waals surface area (Å²) in [5.74, 6) is -1.26. The second-order valence-corrected chi connectivity index (χ2v) is 4.82. The number of hydrogen-bond donors (Lipinski definition) is 0. The van der Waals surface area contributed by atoms with E-state index >= 15 is 0 Å². The summed E-state index contributed by atoms with van der Waals surface area (Å²) in [6.45, 7) is 1.69. The zero-order valence-electron chi connectivity index (χ0n) is 9.55. The van der Waals surface area contributed by atoms with Crippen LogP contribution in [0.15, 0.2) is 6.07 Å². The van der Waals surface area contributed by atoms with Crippen molar-refractivity contribution in [2.75, 3.05) is 6.61 Å². The third-order valence-corrected chi connectivity index (χ3v) is 3.43. The molecule has 0 aliphatic carbocycles. The predicted molar refractivity (Wildman–Crippen MR) is 72.2 cm³/mol. The maximum Gasteiger partial charge on any atom is 0.573 e. The van der Waals surface area contributed by atoms with Crippen LogP contribution in [-0.2, 0) is 10.1 Å². The van der Waals surface area contributed by atoms with Gasteiger partial charge in [-0.2, -0.15) is 0 Å². The summed E-state index contributed by atoms with van der Waals surface area (Å²) >= 11 is 4.63. The first kappa shape index (κ1) is 16.5. The summed E-state index contributed by atoms with van der Waals surface area (Å²) in [6, 6.07) is 1.12. The highest BCUT2D eigenvalue weighted by Gasteiger charge is 2.33. The van der Waals surface area contributed by atoms with Crippen LogP contribution in [0.2, 0.25) is 0 Å². The Balaban J connectivity index is 3.24. The van der Waals surface area contributed by atoms with Gasteiger partial charge in [-0.1, -0.05) is 15.9 Å². The average Bonchev–Trinajstić information content (AvgIpc) is 2.30. The van der Waals surface area contributed by atoms with Gasteiger partial charge in [-0.05, 0) is 29.5 Å². The minimum Gasteiger partial charge on any atom is -0.461 e. The van der Waals surface area contributed by atoms with Crippen LogP contribution in [-0.4, -0.2) is 23.9 Å². The number of aromatic nitrogens is 1. The molecule has 0 unspecified atom stereocenters. The maximum atomic E-state index is 12.3. The molecule has 1 aromatic rings. The Kier molecular flexibility index (Phi) is 5.83. The lowest BCUT2D eigenvalue weighted by Crippen LogP contribution is -2.20. The van der Waals surface area contributed by atoms with Crippen molar-refractivity contribution in [1.29, 1.82) is 0 Å². The predicted octanol–water partition coefficient (Wildman–Crippen LogP) is 3.66. The molecule has 0 saturated heterocycles. The second-order valence-electron chi connectivity index (χ2n) is 3.18. The number of esters is 1. The first-order valence-electron chi connectivity index (χ1n) is 4.96. The van der Waals surface area contributed by atoms with Gasteiger partial charge in [0.05, 0.1) is 15.9 Å². The number of pyridine rings is 1. The molecule has 4 nitrogen and oxygen atoms in total. The van der Waals surface area contributed by atoms with Gasteiger partial charge in [-0.15, -0.1) is 13.2 Å². The van der Waals surface area contributed by atoms with Crippen LogP contribution in [0.4, 0.5) is 13.2 Å². The van der Waals surface area contributed by atoms with Gasteiger partial charge in [0, 0.05) is 11.4 Å². The molecule has 0 spiro atoms. The summed E-state index contributed by atoms with van der Waals surface area (Å²) in [6.07, 6.45) is -4.84. The fraction of sp³-hybridized carbons (Fsp3) is 0.400. The molecule has 0 atom stereocenters. The van der Waals surface area contributed by atoms with Gasteiger partial charge in [-0.25, -0.2) is 9.78 Å². The topological polar surface area (TPSA) is 48.4 Å². The summed E-state index contributed by atoms with van der Waals surface area (Å²) in [5.41, 5.74) is 0.0429. The maximum absolute atomic E-state index is 12.3. The first-order chi connectivity index (χ1) is 8.78. The second kappa shape index (κ2) is 6.73. The van der Waals surface area contributed by atoms with E-state index in [1.165, 1.54) is 0 Å². The van der Waals surface area contributed by atoms with Crippen LogP contribution in [0.3, 0.4) is 0 Å². The molecule has 1 heterocycles. The number of carbonyl (C=O) groups excluding carboxylic acids is 1. The van der Waals surface area contributed by atoms with E-state index in [2.05, 4.69) is 25.7 Å². The molecule has 9 heteroatoms. The van der Waals surface area contributed by atoms with Crippen molar-refractivity contribution in [2.24, 2.45) is 0 Å². The molecular formula is C10H8BrF3INO3. The Hall–Kier alpha value is -0.580.